The Balaban J connectivity index is 1.71. The lowest BCUT2D eigenvalue weighted by atomic mass is 9.49. The van der Waals surface area contributed by atoms with Gasteiger partial charge in [-0.1, -0.05) is 0 Å². The van der Waals surface area contributed by atoms with Crippen LogP contribution in [-0.4, -0.2) is 35.9 Å². The lowest BCUT2D eigenvalue weighted by Crippen LogP contribution is -2.59. The van der Waals surface area contributed by atoms with Crippen molar-refractivity contribution in [2.24, 2.45) is 23.7 Å². The SMILES string of the molecule is N#CCC1(OC(=O)COC(=O)CO)C2CC3CC(C2)CC1C3. The second kappa shape index (κ2) is 5.88. The van der Waals surface area contributed by atoms with Gasteiger partial charge in [0.25, 0.3) is 0 Å². The van der Waals surface area contributed by atoms with Gasteiger partial charge in [0, 0.05) is 11.8 Å². The molecule has 0 amide bonds. The zero-order valence-corrected chi connectivity index (χ0v) is 12.5. The molecular weight excluding hydrogens is 286 g/mol. The molecular formula is C16H21NO5. The molecule has 6 heteroatoms. The van der Waals surface area contributed by atoms with E-state index < -0.39 is 30.8 Å². The smallest absolute Gasteiger partial charge is 0.344 e. The predicted molar refractivity (Wildman–Crippen MR) is 74.1 cm³/mol. The van der Waals surface area contributed by atoms with Crippen LogP contribution in [0.2, 0.25) is 0 Å². The van der Waals surface area contributed by atoms with E-state index in [0.29, 0.717) is 11.8 Å². The minimum Gasteiger partial charge on any atom is -0.455 e. The number of ether oxygens (including phenoxy) is 2. The molecule has 4 rings (SSSR count). The van der Waals surface area contributed by atoms with Gasteiger partial charge in [0.05, 0.1) is 12.5 Å². The molecule has 0 unspecified atom stereocenters. The standard InChI is InChI=1S/C16H21NO5/c17-2-1-16(22-15(20)9-21-14(19)8-18)12-4-10-3-11(6-12)7-13(16)5-10/h10-13,18H,1,3-9H2. The van der Waals surface area contributed by atoms with E-state index in [9.17, 15) is 14.9 Å². The van der Waals surface area contributed by atoms with E-state index in [1.165, 1.54) is 6.42 Å². The van der Waals surface area contributed by atoms with Crippen molar-refractivity contribution >= 4 is 11.9 Å². The van der Waals surface area contributed by atoms with E-state index in [-0.39, 0.29) is 18.3 Å². The quantitative estimate of drug-likeness (QED) is 0.766. The van der Waals surface area contributed by atoms with Crippen molar-refractivity contribution < 1.29 is 24.2 Å². The number of nitriles is 1. The molecule has 22 heavy (non-hydrogen) atoms. The fraction of sp³-hybridized carbons (Fsp3) is 0.812. The summed E-state index contributed by atoms with van der Waals surface area (Å²) in [5.41, 5.74) is -0.703. The maximum Gasteiger partial charge on any atom is 0.344 e. The molecule has 0 aromatic rings. The number of aliphatic hydroxyl groups is 1. The lowest BCUT2D eigenvalue weighted by Gasteiger charge is -2.59. The highest BCUT2D eigenvalue weighted by Crippen LogP contribution is 2.60. The van der Waals surface area contributed by atoms with E-state index in [1.54, 1.807) is 0 Å². The average molecular weight is 307 g/mol. The Kier molecular flexibility index (Phi) is 4.09. The van der Waals surface area contributed by atoms with E-state index in [4.69, 9.17) is 9.84 Å². The first-order valence-electron chi connectivity index (χ1n) is 7.92. The molecule has 0 aliphatic heterocycles. The van der Waals surface area contributed by atoms with Crippen LogP contribution >= 0.6 is 0 Å². The summed E-state index contributed by atoms with van der Waals surface area (Å²) in [6.07, 6.45) is 5.59. The molecule has 4 fully saturated rings. The predicted octanol–water partition coefficient (Wildman–Crippen LogP) is 1.17. The molecule has 0 radical (unpaired) electrons. The summed E-state index contributed by atoms with van der Waals surface area (Å²) < 4.78 is 10.4. The van der Waals surface area contributed by atoms with E-state index in [2.05, 4.69) is 10.8 Å². The van der Waals surface area contributed by atoms with Crippen molar-refractivity contribution in [3.63, 3.8) is 0 Å². The fourth-order valence-corrected chi connectivity index (χ4v) is 5.02. The Hall–Kier alpha value is -1.61. The Morgan fingerprint density at radius 1 is 1.09 bits per heavy atom. The number of esters is 2. The molecule has 0 heterocycles. The van der Waals surface area contributed by atoms with Crippen LogP contribution in [0.1, 0.15) is 38.5 Å². The Labute approximate surface area is 129 Å². The molecule has 6 nitrogen and oxygen atoms in total. The van der Waals surface area contributed by atoms with Crippen molar-refractivity contribution in [3.05, 3.63) is 0 Å². The second-order valence-corrected chi connectivity index (χ2v) is 6.89. The van der Waals surface area contributed by atoms with Crippen LogP contribution in [0.5, 0.6) is 0 Å². The van der Waals surface area contributed by atoms with Gasteiger partial charge in [-0.2, -0.15) is 5.26 Å². The maximum atomic E-state index is 12.0. The number of rotatable bonds is 5. The molecule has 4 aliphatic carbocycles. The number of nitrogens with zero attached hydrogens (tertiary/aromatic N) is 1. The Morgan fingerprint density at radius 2 is 1.68 bits per heavy atom. The number of hydrogen-bond donors (Lipinski definition) is 1. The largest absolute Gasteiger partial charge is 0.455 e. The minimum absolute atomic E-state index is 0.210. The van der Waals surface area contributed by atoms with Crippen LogP contribution in [0.15, 0.2) is 0 Å². The molecule has 4 saturated carbocycles. The zero-order chi connectivity index (χ0) is 15.7. The van der Waals surface area contributed by atoms with E-state index in [1.807, 2.05) is 0 Å². The van der Waals surface area contributed by atoms with Crippen molar-refractivity contribution in [2.75, 3.05) is 13.2 Å². The molecule has 4 aliphatic rings. The van der Waals surface area contributed by atoms with Crippen molar-refractivity contribution in [2.45, 2.75) is 44.1 Å². The van der Waals surface area contributed by atoms with Gasteiger partial charge in [0.1, 0.15) is 12.2 Å². The second-order valence-electron chi connectivity index (χ2n) is 6.89. The van der Waals surface area contributed by atoms with Gasteiger partial charge in [-0.15, -0.1) is 0 Å². The summed E-state index contributed by atoms with van der Waals surface area (Å²) in [6, 6.07) is 2.19. The first-order valence-corrected chi connectivity index (χ1v) is 7.92. The van der Waals surface area contributed by atoms with E-state index in [0.717, 1.165) is 25.7 Å². The third kappa shape index (κ3) is 2.58. The molecule has 1 N–H and O–H groups in total. The zero-order valence-electron chi connectivity index (χ0n) is 12.5. The van der Waals surface area contributed by atoms with Gasteiger partial charge in [-0.05, 0) is 43.9 Å². The summed E-state index contributed by atoms with van der Waals surface area (Å²) in [7, 11) is 0. The van der Waals surface area contributed by atoms with Gasteiger partial charge < -0.3 is 14.6 Å². The number of carbonyl (C=O) groups is 2. The van der Waals surface area contributed by atoms with Gasteiger partial charge in [0.2, 0.25) is 0 Å². The number of aliphatic hydroxyl groups excluding tert-OH is 1. The van der Waals surface area contributed by atoms with Crippen LogP contribution in [0.25, 0.3) is 0 Å². The number of carbonyl (C=O) groups excluding carboxylic acids is 2. The Morgan fingerprint density at radius 3 is 2.18 bits per heavy atom. The summed E-state index contributed by atoms with van der Waals surface area (Å²) >= 11 is 0. The average Bonchev–Trinajstić information content (AvgIpc) is 2.49. The van der Waals surface area contributed by atoms with E-state index >= 15 is 0 Å². The molecule has 120 valence electrons. The maximum absolute atomic E-state index is 12.0. The monoisotopic (exact) mass is 307 g/mol. The highest BCUT2D eigenvalue weighted by atomic mass is 16.6. The fourth-order valence-electron chi connectivity index (χ4n) is 5.02. The third-order valence-corrected chi connectivity index (χ3v) is 5.66. The minimum atomic E-state index is -0.851. The first-order chi connectivity index (χ1) is 10.6. The van der Waals surface area contributed by atoms with Crippen LogP contribution < -0.4 is 0 Å². The molecule has 4 bridgehead atoms. The van der Waals surface area contributed by atoms with Gasteiger partial charge >= 0.3 is 11.9 Å². The molecule has 0 spiro atoms. The lowest BCUT2D eigenvalue weighted by molar-refractivity contribution is -0.212. The van der Waals surface area contributed by atoms with Crippen molar-refractivity contribution in [3.8, 4) is 6.07 Å². The van der Waals surface area contributed by atoms with Gasteiger partial charge in [-0.3, -0.25) is 0 Å². The molecule has 0 aromatic heterocycles. The van der Waals surface area contributed by atoms with Crippen LogP contribution in [-0.2, 0) is 19.1 Å². The summed E-state index contributed by atoms with van der Waals surface area (Å²) in [4.78, 5) is 23.0. The first kappa shape index (κ1) is 15.3. The Bertz CT molecular complexity index is 481. The summed E-state index contributed by atoms with van der Waals surface area (Å²) in [6.45, 7) is -1.26. The van der Waals surface area contributed by atoms with Crippen LogP contribution in [0.4, 0.5) is 0 Å². The van der Waals surface area contributed by atoms with Gasteiger partial charge in [-0.25, -0.2) is 9.59 Å². The highest BCUT2D eigenvalue weighted by Gasteiger charge is 2.59. The van der Waals surface area contributed by atoms with Crippen molar-refractivity contribution in [1.29, 1.82) is 5.26 Å². The van der Waals surface area contributed by atoms with Crippen LogP contribution in [0.3, 0.4) is 0 Å². The number of hydrogen-bond acceptors (Lipinski definition) is 6. The van der Waals surface area contributed by atoms with Crippen LogP contribution in [0, 0.1) is 35.0 Å². The third-order valence-electron chi connectivity index (χ3n) is 5.66. The normalized spacial score (nSPS) is 38.4. The topological polar surface area (TPSA) is 96.6 Å². The summed E-state index contributed by atoms with van der Waals surface area (Å²) in [5, 5.41) is 17.8. The highest BCUT2D eigenvalue weighted by molar-refractivity contribution is 5.77. The molecule has 0 aromatic carbocycles. The van der Waals surface area contributed by atoms with Gasteiger partial charge in [0.15, 0.2) is 6.61 Å². The molecule has 0 atom stereocenters. The molecule has 0 saturated heterocycles. The summed E-state index contributed by atoms with van der Waals surface area (Å²) in [5.74, 6) is 0.447. The van der Waals surface area contributed by atoms with Crippen molar-refractivity contribution in [1.82, 2.24) is 0 Å².